The first-order valence-electron chi connectivity index (χ1n) is 4.31. The molecule has 0 spiro atoms. The molecule has 0 fully saturated rings. The lowest BCUT2D eigenvalue weighted by atomic mass is 10.2. The van der Waals surface area contributed by atoms with Gasteiger partial charge in [-0.3, -0.25) is 4.79 Å². The summed E-state index contributed by atoms with van der Waals surface area (Å²) in [6, 6.07) is 2.70. The second kappa shape index (κ2) is 4.93. The maximum absolute atomic E-state index is 11.3. The molecule has 1 atom stereocenters. The SMILES string of the molecule is CC[C@H](N)C(=O)Nc1cc(Cl)ccn1. The number of carbonyl (C=O) groups is 1. The molecule has 1 amide bonds. The van der Waals surface area contributed by atoms with Crippen LogP contribution in [0.4, 0.5) is 5.82 Å². The average molecular weight is 214 g/mol. The van der Waals surface area contributed by atoms with Crippen molar-refractivity contribution in [3.05, 3.63) is 23.4 Å². The second-order valence-corrected chi connectivity index (χ2v) is 3.30. The van der Waals surface area contributed by atoms with Crippen LogP contribution in [0.5, 0.6) is 0 Å². The molecule has 0 aliphatic heterocycles. The normalized spacial score (nSPS) is 12.2. The Morgan fingerprint density at radius 2 is 2.50 bits per heavy atom. The van der Waals surface area contributed by atoms with E-state index in [2.05, 4.69) is 10.3 Å². The van der Waals surface area contributed by atoms with Crippen molar-refractivity contribution in [1.29, 1.82) is 0 Å². The van der Waals surface area contributed by atoms with Crippen LogP contribution < -0.4 is 11.1 Å². The number of anilines is 1. The molecule has 0 unspecified atom stereocenters. The highest BCUT2D eigenvalue weighted by atomic mass is 35.5. The van der Waals surface area contributed by atoms with Crippen LogP contribution in [-0.4, -0.2) is 16.9 Å². The number of hydrogen-bond acceptors (Lipinski definition) is 3. The fourth-order valence-corrected chi connectivity index (χ4v) is 1.04. The minimum atomic E-state index is -0.504. The average Bonchev–Trinajstić information content (AvgIpc) is 2.16. The molecular weight excluding hydrogens is 202 g/mol. The molecule has 1 rings (SSSR count). The standard InChI is InChI=1S/C9H12ClN3O/c1-2-7(11)9(14)13-8-5-6(10)3-4-12-8/h3-5,7H,2,11H2,1H3,(H,12,13,14)/t7-/m0/s1. The van der Waals surface area contributed by atoms with E-state index in [0.717, 1.165) is 0 Å². The van der Waals surface area contributed by atoms with Crippen LogP contribution in [0.15, 0.2) is 18.3 Å². The monoisotopic (exact) mass is 213 g/mol. The molecule has 14 heavy (non-hydrogen) atoms. The van der Waals surface area contributed by atoms with E-state index in [-0.39, 0.29) is 5.91 Å². The summed E-state index contributed by atoms with van der Waals surface area (Å²) in [6.45, 7) is 1.84. The topological polar surface area (TPSA) is 68.0 Å². The van der Waals surface area contributed by atoms with Gasteiger partial charge in [0, 0.05) is 11.2 Å². The van der Waals surface area contributed by atoms with Crippen molar-refractivity contribution >= 4 is 23.3 Å². The highest BCUT2D eigenvalue weighted by molar-refractivity contribution is 6.30. The van der Waals surface area contributed by atoms with Gasteiger partial charge in [-0.25, -0.2) is 4.98 Å². The predicted octanol–water partition coefficient (Wildman–Crippen LogP) is 1.41. The lowest BCUT2D eigenvalue weighted by Crippen LogP contribution is -2.35. The van der Waals surface area contributed by atoms with Gasteiger partial charge in [-0.05, 0) is 18.6 Å². The van der Waals surface area contributed by atoms with E-state index in [1.54, 1.807) is 12.1 Å². The minimum absolute atomic E-state index is 0.248. The molecule has 0 saturated heterocycles. The summed E-state index contributed by atoms with van der Waals surface area (Å²) in [4.78, 5) is 15.3. The smallest absolute Gasteiger partial charge is 0.242 e. The molecule has 1 aromatic heterocycles. The predicted molar refractivity (Wildman–Crippen MR) is 56.1 cm³/mol. The molecule has 0 radical (unpaired) electrons. The number of rotatable bonds is 3. The van der Waals surface area contributed by atoms with E-state index in [0.29, 0.717) is 17.3 Å². The van der Waals surface area contributed by atoms with E-state index in [9.17, 15) is 4.79 Å². The number of nitrogens with two attached hydrogens (primary N) is 1. The van der Waals surface area contributed by atoms with Crippen molar-refractivity contribution < 1.29 is 4.79 Å². The Labute approximate surface area is 87.5 Å². The van der Waals surface area contributed by atoms with Gasteiger partial charge < -0.3 is 11.1 Å². The maximum atomic E-state index is 11.3. The number of amides is 1. The van der Waals surface area contributed by atoms with Gasteiger partial charge in [0.2, 0.25) is 5.91 Å². The van der Waals surface area contributed by atoms with Crippen molar-refractivity contribution in [1.82, 2.24) is 4.98 Å². The van der Waals surface area contributed by atoms with Crippen molar-refractivity contribution in [3.8, 4) is 0 Å². The Balaban J connectivity index is 2.65. The van der Waals surface area contributed by atoms with E-state index in [1.807, 2.05) is 6.92 Å². The Kier molecular flexibility index (Phi) is 3.85. The number of halogens is 1. The molecule has 1 heterocycles. The largest absolute Gasteiger partial charge is 0.320 e. The third kappa shape index (κ3) is 2.97. The summed E-state index contributed by atoms with van der Waals surface area (Å²) >= 11 is 5.72. The van der Waals surface area contributed by atoms with Crippen LogP contribution in [0.2, 0.25) is 5.02 Å². The molecule has 4 nitrogen and oxygen atoms in total. The number of aromatic nitrogens is 1. The van der Waals surface area contributed by atoms with Crippen molar-refractivity contribution in [2.75, 3.05) is 5.32 Å². The van der Waals surface area contributed by atoms with Gasteiger partial charge in [0.25, 0.3) is 0 Å². The first-order chi connectivity index (χ1) is 6.63. The lowest BCUT2D eigenvalue weighted by Gasteiger charge is -2.08. The molecule has 1 aromatic rings. The fourth-order valence-electron chi connectivity index (χ4n) is 0.877. The summed E-state index contributed by atoms with van der Waals surface area (Å²) in [5, 5.41) is 3.10. The molecule has 5 heteroatoms. The van der Waals surface area contributed by atoms with Crippen LogP contribution in [-0.2, 0) is 4.79 Å². The van der Waals surface area contributed by atoms with Crippen LogP contribution in [0.25, 0.3) is 0 Å². The van der Waals surface area contributed by atoms with Crippen molar-refractivity contribution in [2.24, 2.45) is 5.73 Å². The zero-order chi connectivity index (χ0) is 10.6. The van der Waals surface area contributed by atoms with E-state index < -0.39 is 6.04 Å². The van der Waals surface area contributed by atoms with Crippen LogP contribution in [0.1, 0.15) is 13.3 Å². The van der Waals surface area contributed by atoms with Gasteiger partial charge in [-0.15, -0.1) is 0 Å². The van der Waals surface area contributed by atoms with Gasteiger partial charge in [-0.2, -0.15) is 0 Å². The summed E-state index contributed by atoms with van der Waals surface area (Å²) < 4.78 is 0. The number of carbonyl (C=O) groups excluding carboxylic acids is 1. The molecule has 0 bridgehead atoms. The van der Waals surface area contributed by atoms with Gasteiger partial charge in [0.1, 0.15) is 5.82 Å². The Morgan fingerprint density at radius 3 is 3.07 bits per heavy atom. The van der Waals surface area contributed by atoms with Gasteiger partial charge >= 0.3 is 0 Å². The highest BCUT2D eigenvalue weighted by Crippen LogP contribution is 2.11. The van der Waals surface area contributed by atoms with Crippen LogP contribution in [0, 0.1) is 0 Å². The van der Waals surface area contributed by atoms with Gasteiger partial charge in [-0.1, -0.05) is 18.5 Å². The fraction of sp³-hybridized carbons (Fsp3) is 0.333. The molecule has 0 saturated carbocycles. The summed E-state index contributed by atoms with van der Waals surface area (Å²) in [5.41, 5.74) is 5.53. The summed E-state index contributed by atoms with van der Waals surface area (Å²) in [7, 11) is 0. The first-order valence-corrected chi connectivity index (χ1v) is 4.69. The highest BCUT2D eigenvalue weighted by Gasteiger charge is 2.11. The zero-order valence-electron chi connectivity index (χ0n) is 7.83. The summed E-state index contributed by atoms with van der Waals surface area (Å²) in [6.07, 6.45) is 2.11. The molecule has 3 N–H and O–H groups in total. The number of pyridine rings is 1. The van der Waals surface area contributed by atoms with E-state index in [4.69, 9.17) is 17.3 Å². The molecule has 76 valence electrons. The zero-order valence-corrected chi connectivity index (χ0v) is 8.58. The Bertz CT molecular complexity index is 330. The van der Waals surface area contributed by atoms with Gasteiger partial charge in [0.15, 0.2) is 0 Å². The second-order valence-electron chi connectivity index (χ2n) is 2.86. The van der Waals surface area contributed by atoms with Gasteiger partial charge in [0.05, 0.1) is 6.04 Å². The number of nitrogens with one attached hydrogen (secondary N) is 1. The van der Waals surface area contributed by atoms with Crippen molar-refractivity contribution in [3.63, 3.8) is 0 Å². The Morgan fingerprint density at radius 1 is 1.79 bits per heavy atom. The molecule has 0 aromatic carbocycles. The Hall–Kier alpha value is -1.13. The molecule has 0 aliphatic rings. The minimum Gasteiger partial charge on any atom is -0.320 e. The maximum Gasteiger partial charge on any atom is 0.242 e. The quantitative estimate of drug-likeness (QED) is 0.798. The van der Waals surface area contributed by atoms with E-state index in [1.165, 1.54) is 6.20 Å². The number of hydrogen-bond donors (Lipinski definition) is 2. The first kappa shape index (κ1) is 10.9. The third-order valence-corrected chi connectivity index (χ3v) is 1.98. The third-order valence-electron chi connectivity index (χ3n) is 1.75. The number of nitrogens with zero attached hydrogens (tertiary/aromatic N) is 1. The van der Waals surface area contributed by atoms with E-state index >= 15 is 0 Å². The van der Waals surface area contributed by atoms with Crippen LogP contribution in [0.3, 0.4) is 0 Å². The van der Waals surface area contributed by atoms with Crippen LogP contribution >= 0.6 is 11.6 Å². The summed E-state index contributed by atoms with van der Waals surface area (Å²) in [5.74, 6) is 0.175. The molecular formula is C9H12ClN3O. The molecule has 0 aliphatic carbocycles. The van der Waals surface area contributed by atoms with Crippen molar-refractivity contribution in [2.45, 2.75) is 19.4 Å². The lowest BCUT2D eigenvalue weighted by molar-refractivity contribution is -0.117.